The van der Waals surface area contributed by atoms with Gasteiger partial charge >= 0.3 is 5.97 Å². The smallest absolute Gasteiger partial charge is 0.306 e. The van der Waals surface area contributed by atoms with E-state index in [2.05, 4.69) is 20.2 Å². The number of aryl methyl sites for hydroxylation is 2. The number of anilines is 1. The lowest BCUT2D eigenvalue weighted by atomic mass is 10.1. The average Bonchev–Trinajstić information content (AvgIpc) is 3.39. The van der Waals surface area contributed by atoms with Crippen LogP contribution in [0.2, 0.25) is 0 Å². The van der Waals surface area contributed by atoms with Gasteiger partial charge in [-0.15, -0.1) is 5.10 Å². The van der Waals surface area contributed by atoms with Gasteiger partial charge in [0.05, 0.1) is 12.3 Å². The molecule has 0 saturated heterocycles. The molecule has 160 valence electrons. The number of carbonyl (C=O) groups excluding carboxylic acids is 2. The molecule has 1 aliphatic rings. The van der Waals surface area contributed by atoms with E-state index in [0.29, 0.717) is 25.2 Å². The van der Waals surface area contributed by atoms with Crippen LogP contribution in [0.15, 0.2) is 35.4 Å². The Labute approximate surface area is 178 Å². The summed E-state index contributed by atoms with van der Waals surface area (Å²) in [5.74, 6) is -0.236. The summed E-state index contributed by atoms with van der Waals surface area (Å²) in [4.78, 5) is 33.0. The molecular formula is C21H23N7O3. The minimum Gasteiger partial charge on any atom is -0.455 e. The van der Waals surface area contributed by atoms with Gasteiger partial charge in [0.2, 0.25) is 5.95 Å². The fourth-order valence-corrected chi connectivity index (χ4v) is 3.57. The largest absolute Gasteiger partial charge is 0.455 e. The zero-order valence-electron chi connectivity index (χ0n) is 17.4. The standard InChI is InChI=1S/C21H23N7O3/c1-13-16(14(2)28-21(23-13)24-20(22)26-28)8-9-19(30)31-12-18(29)27-11-10-17(25-27)15-6-4-3-5-7-15/h3-7H,8-12H2,1-2H3,(H2,22,26). The predicted molar refractivity (Wildman–Crippen MR) is 113 cm³/mol. The molecule has 10 heteroatoms. The Morgan fingerprint density at radius 1 is 1.16 bits per heavy atom. The summed E-state index contributed by atoms with van der Waals surface area (Å²) >= 11 is 0. The highest BCUT2D eigenvalue weighted by atomic mass is 16.5. The number of esters is 1. The molecule has 0 atom stereocenters. The predicted octanol–water partition coefficient (Wildman–Crippen LogP) is 1.44. The van der Waals surface area contributed by atoms with Crippen molar-refractivity contribution >= 4 is 29.3 Å². The van der Waals surface area contributed by atoms with E-state index in [1.165, 1.54) is 5.01 Å². The van der Waals surface area contributed by atoms with Crippen LogP contribution in [0.4, 0.5) is 5.95 Å². The maximum absolute atomic E-state index is 12.4. The van der Waals surface area contributed by atoms with Crippen molar-refractivity contribution in [2.75, 3.05) is 18.9 Å². The number of amides is 1. The molecule has 10 nitrogen and oxygen atoms in total. The van der Waals surface area contributed by atoms with Crippen molar-refractivity contribution < 1.29 is 14.3 Å². The number of nitrogen functional groups attached to an aromatic ring is 1. The second-order valence-electron chi connectivity index (χ2n) is 7.28. The molecule has 3 aromatic rings. The molecule has 0 bridgehead atoms. The number of nitrogens with two attached hydrogens (primary N) is 1. The zero-order chi connectivity index (χ0) is 22.0. The number of hydrogen-bond donors (Lipinski definition) is 1. The van der Waals surface area contributed by atoms with E-state index in [1.807, 2.05) is 44.2 Å². The topological polar surface area (TPSA) is 128 Å². The molecule has 1 aromatic carbocycles. The first kappa shape index (κ1) is 20.5. The van der Waals surface area contributed by atoms with E-state index in [1.54, 1.807) is 4.52 Å². The minimum atomic E-state index is -0.461. The molecule has 3 heterocycles. The van der Waals surface area contributed by atoms with E-state index >= 15 is 0 Å². The summed E-state index contributed by atoms with van der Waals surface area (Å²) in [5, 5.41) is 9.83. The lowest BCUT2D eigenvalue weighted by Gasteiger charge is -2.12. The number of ether oxygens (including phenoxy) is 1. The van der Waals surface area contributed by atoms with E-state index < -0.39 is 5.97 Å². The van der Waals surface area contributed by atoms with Crippen LogP contribution >= 0.6 is 0 Å². The van der Waals surface area contributed by atoms with Crippen molar-refractivity contribution in [1.82, 2.24) is 24.6 Å². The highest BCUT2D eigenvalue weighted by Gasteiger charge is 2.22. The highest BCUT2D eigenvalue weighted by Crippen LogP contribution is 2.17. The summed E-state index contributed by atoms with van der Waals surface area (Å²) in [6.45, 7) is 3.86. The van der Waals surface area contributed by atoms with Crippen LogP contribution < -0.4 is 5.73 Å². The summed E-state index contributed by atoms with van der Waals surface area (Å²) in [7, 11) is 0. The molecule has 2 N–H and O–H groups in total. The van der Waals surface area contributed by atoms with E-state index in [4.69, 9.17) is 10.5 Å². The third-order valence-corrected chi connectivity index (χ3v) is 5.20. The number of rotatable bonds is 6. The first-order chi connectivity index (χ1) is 14.9. The van der Waals surface area contributed by atoms with Crippen LogP contribution in [0.25, 0.3) is 5.78 Å². The van der Waals surface area contributed by atoms with Gasteiger partial charge < -0.3 is 10.5 Å². The number of nitrogens with zero attached hydrogens (tertiary/aromatic N) is 6. The second kappa shape index (κ2) is 8.50. The quantitative estimate of drug-likeness (QED) is 0.596. The van der Waals surface area contributed by atoms with Crippen molar-refractivity contribution in [1.29, 1.82) is 0 Å². The van der Waals surface area contributed by atoms with Gasteiger partial charge in [-0.3, -0.25) is 9.59 Å². The van der Waals surface area contributed by atoms with E-state index in [0.717, 1.165) is 28.2 Å². The number of aromatic nitrogens is 4. The van der Waals surface area contributed by atoms with Crippen LogP contribution in [0, 0.1) is 13.8 Å². The van der Waals surface area contributed by atoms with Crippen molar-refractivity contribution in [3.8, 4) is 0 Å². The van der Waals surface area contributed by atoms with Gasteiger partial charge in [0.15, 0.2) is 6.61 Å². The highest BCUT2D eigenvalue weighted by molar-refractivity contribution is 6.02. The first-order valence-corrected chi connectivity index (χ1v) is 9.99. The fourth-order valence-electron chi connectivity index (χ4n) is 3.57. The first-order valence-electron chi connectivity index (χ1n) is 9.99. The Morgan fingerprint density at radius 3 is 2.71 bits per heavy atom. The van der Waals surface area contributed by atoms with Gasteiger partial charge in [-0.2, -0.15) is 14.6 Å². The number of fused-ring (bicyclic) bond motifs is 1. The molecule has 1 amide bonds. The molecule has 31 heavy (non-hydrogen) atoms. The minimum absolute atomic E-state index is 0.116. The Hall–Kier alpha value is -3.82. The Balaban J connectivity index is 1.31. The summed E-state index contributed by atoms with van der Waals surface area (Å²) in [6, 6.07) is 9.70. The van der Waals surface area contributed by atoms with Crippen LogP contribution in [0.5, 0.6) is 0 Å². The molecule has 0 saturated carbocycles. The van der Waals surface area contributed by atoms with E-state index in [-0.39, 0.29) is 24.9 Å². The SMILES string of the molecule is Cc1nc2nc(N)nn2c(C)c1CCC(=O)OCC(=O)N1CCC(c2ccccc2)=N1. The number of carbonyl (C=O) groups is 2. The molecule has 4 rings (SSSR count). The summed E-state index contributed by atoms with van der Waals surface area (Å²) in [5.41, 5.74) is 9.92. The van der Waals surface area contributed by atoms with Crippen molar-refractivity contribution in [3.05, 3.63) is 52.8 Å². The summed E-state index contributed by atoms with van der Waals surface area (Å²) in [6.07, 6.45) is 1.20. The number of hydrazone groups is 1. The molecule has 0 radical (unpaired) electrons. The van der Waals surface area contributed by atoms with Crippen molar-refractivity contribution in [2.45, 2.75) is 33.1 Å². The van der Waals surface area contributed by atoms with Crippen LogP contribution in [-0.4, -0.2) is 55.3 Å². The zero-order valence-corrected chi connectivity index (χ0v) is 17.4. The third-order valence-electron chi connectivity index (χ3n) is 5.20. The Bertz CT molecular complexity index is 1170. The van der Waals surface area contributed by atoms with Gasteiger partial charge in [-0.1, -0.05) is 30.3 Å². The van der Waals surface area contributed by atoms with Gasteiger partial charge in [-0.25, -0.2) is 9.99 Å². The van der Waals surface area contributed by atoms with Gasteiger partial charge in [0.25, 0.3) is 11.7 Å². The Kier molecular flexibility index (Phi) is 5.61. The summed E-state index contributed by atoms with van der Waals surface area (Å²) < 4.78 is 6.73. The second-order valence-corrected chi connectivity index (χ2v) is 7.28. The third kappa shape index (κ3) is 4.37. The Morgan fingerprint density at radius 2 is 1.94 bits per heavy atom. The lowest BCUT2D eigenvalue weighted by Crippen LogP contribution is -2.28. The monoisotopic (exact) mass is 421 g/mol. The van der Waals surface area contributed by atoms with Gasteiger partial charge in [0, 0.05) is 24.2 Å². The number of hydrogen-bond acceptors (Lipinski definition) is 8. The van der Waals surface area contributed by atoms with Gasteiger partial charge in [-0.05, 0) is 31.4 Å². The molecule has 2 aromatic heterocycles. The number of benzene rings is 1. The molecule has 0 fully saturated rings. The van der Waals surface area contributed by atoms with Gasteiger partial charge in [0.1, 0.15) is 0 Å². The molecular weight excluding hydrogens is 398 g/mol. The fraction of sp³-hybridized carbons (Fsp3) is 0.333. The van der Waals surface area contributed by atoms with Crippen LogP contribution in [0.1, 0.15) is 35.4 Å². The average molecular weight is 421 g/mol. The molecule has 0 aliphatic carbocycles. The molecule has 1 aliphatic heterocycles. The maximum atomic E-state index is 12.4. The van der Waals surface area contributed by atoms with Crippen molar-refractivity contribution in [3.63, 3.8) is 0 Å². The molecule has 0 unspecified atom stereocenters. The van der Waals surface area contributed by atoms with E-state index in [9.17, 15) is 9.59 Å². The normalized spacial score (nSPS) is 13.5. The maximum Gasteiger partial charge on any atom is 0.306 e. The lowest BCUT2D eigenvalue weighted by molar-refractivity contribution is -0.151. The van der Waals surface area contributed by atoms with Crippen LogP contribution in [0.3, 0.4) is 0 Å². The van der Waals surface area contributed by atoms with Crippen molar-refractivity contribution in [2.24, 2.45) is 5.10 Å². The molecule has 0 spiro atoms. The van der Waals surface area contributed by atoms with Crippen LogP contribution in [-0.2, 0) is 20.7 Å².